The minimum Gasteiger partial charge on any atom is -0.491 e. The molecule has 2 nitrogen and oxygen atoms in total. The molecular weight excluding hydrogens is 432 g/mol. The van der Waals surface area contributed by atoms with Gasteiger partial charge in [0.1, 0.15) is 0 Å². The topological polar surface area (TPSA) is 18.5 Å². The van der Waals surface area contributed by atoms with Gasteiger partial charge in [-0.2, -0.15) is 4.39 Å². The van der Waals surface area contributed by atoms with Crippen molar-refractivity contribution in [2.24, 2.45) is 0 Å². The van der Waals surface area contributed by atoms with E-state index in [1.807, 2.05) is 12.1 Å². The Morgan fingerprint density at radius 3 is 2.03 bits per heavy atom. The van der Waals surface area contributed by atoms with E-state index in [-0.39, 0.29) is 41.3 Å². The fraction of sp³-hybridized carbons (Fsp3) is 0.333. The fourth-order valence-corrected chi connectivity index (χ4v) is 4.35. The Labute approximate surface area is 191 Å². The van der Waals surface area contributed by atoms with E-state index >= 15 is 0 Å². The summed E-state index contributed by atoms with van der Waals surface area (Å²) in [5.74, 6) is -5.14. The molecule has 0 amide bonds. The van der Waals surface area contributed by atoms with Gasteiger partial charge in [0.2, 0.25) is 5.82 Å². The van der Waals surface area contributed by atoms with Crippen LogP contribution in [0.15, 0.2) is 48.5 Å². The molecule has 1 aliphatic rings. The lowest BCUT2D eigenvalue weighted by Crippen LogP contribution is -2.05. The molecule has 3 aromatic carbocycles. The third kappa shape index (κ3) is 4.62. The summed E-state index contributed by atoms with van der Waals surface area (Å²) >= 11 is 0. The van der Waals surface area contributed by atoms with Gasteiger partial charge in [-0.1, -0.05) is 49.7 Å². The molecule has 174 valence electrons. The standard InChI is InChI=1S/C27H26F4O2/c1-3-5-18-10-14-22(33-18)17-8-6-16(7-9-17)19-11-12-20(25(29)24(19)28)21-13-15-23(32-4-2)27(31)26(21)30/h6-9,11-13,15,18,22H,3-5,10,14H2,1-2H3. The number of hydrogen-bond donors (Lipinski definition) is 0. The number of rotatable bonds is 7. The largest absolute Gasteiger partial charge is 0.491 e. The molecular formula is C27H26F4O2. The van der Waals surface area contributed by atoms with Gasteiger partial charge in [-0.25, -0.2) is 13.2 Å². The summed E-state index contributed by atoms with van der Waals surface area (Å²) in [7, 11) is 0. The van der Waals surface area contributed by atoms with Gasteiger partial charge in [-0.05, 0) is 49.4 Å². The van der Waals surface area contributed by atoms with Crippen molar-refractivity contribution >= 4 is 0 Å². The smallest absolute Gasteiger partial charge is 0.201 e. The van der Waals surface area contributed by atoms with Crippen LogP contribution in [0, 0.1) is 23.3 Å². The SMILES string of the molecule is CCCC1CCC(c2ccc(-c3ccc(-c4ccc(OCC)c(F)c4F)c(F)c3F)cc2)O1. The molecule has 2 unspecified atom stereocenters. The Hall–Kier alpha value is -2.86. The van der Waals surface area contributed by atoms with Gasteiger partial charge in [0.05, 0.1) is 18.8 Å². The highest BCUT2D eigenvalue weighted by atomic mass is 19.2. The van der Waals surface area contributed by atoms with Crippen molar-refractivity contribution in [2.75, 3.05) is 6.61 Å². The summed E-state index contributed by atoms with van der Waals surface area (Å²) in [4.78, 5) is 0. The first kappa shape index (κ1) is 23.3. The highest BCUT2D eigenvalue weighted by molar-refractivity contribution is 5.72. The molecule has 1 heterocycles. The molecule has 6 heteroatoms. The van der Waals surface area contributed by atoms with Gasteiger partial charge in [0, 0.05) is 16.7 Å². The van der Waals surface area contributed by atoms with E-state index in [1.54, 1.807) is 19.1 Å². The van der Waals surface area contributed by atoms with E-state index < -0.39 is 23.3 Å². The first-order valence-electron chi connectivity index (χ1n) is 11.3. The Morgan fingerprint density at radius 1 is 0.758 bits per heavy atom. The minimum absolute atomic E-state index is 0.0112. The van der Waals surface area contributed by atoms with E-state index in [4.69, 9.17) is 9.47 Å². The van der Waals surface area contributed by atoms with Crippen LogP contribution < -0.4 is 4.74 Å². The second kappa shape index (κ2) is 9.96. The maximum Gasteiger partial charge on any atom is 0.201 e. The molecule has 0 aromatic heterocycles. The summed E-state index contributed by atoms with van der Waals surface area (Å²) in [5.41, 5.74) is 0.818. The number of hydrogen-bond acceptors (Lipinski definition) is 2. The number of ether oxygens (including phenoxy) is 2. The molecule has 0 radical (unpaired) electrons. The van der Waals surface area contributed by atoms with Crippen LogP contribution in [0.2, 0.25) is 0 Å². The van der Waals surface area contributed by atoms with Gasteiger partial charge in [-0.15, -0.1) is 0 Å². The van der Waals surface area contributed by atoms with Crippen molar-refractivity contribution < 1.29 is 27.0 Å². The second-order valence-corrected chi connectivity index (χ2v) is 8.20. The molecule has 2 atom stereocenters. The summed E-state index contributed by atoms with van der Waals surface area (Å²) in [6, 6.07) is 12.2. The quantitative estimate of drug-likeness (QED) is 0.334. The Kier molecular flexibility index (Phi) is 7.03. The minimum atomic E-state index is -1.28. The van der Waals surface area contributed by atoms with Crippen LogP contribution in [-0.2, 0) is 4.74 Å². The van der Waals surface area contributed by atoms with E-state index in [2.05, 4.69) is 6.92 Å². The van der Waals surface area contributed by atoms with Crippen LogP contribution in [0.4, 0.5) is 17.6 Å². The second-order valence-electron chi connectivity index (χ2n) is 8.20. The molecule has 3 aromatic rings. The molecule has 4 rings (SSSR count). The Morgan fingerprint density at radius 2 is 1.36 bits per heavy atom. The molecule has 1 saturated heterocycles. The van der Waals surface area contributed by atoms with Crippen molar-refractivity contribution in [3.63, 3.8) is 0 Å². The van der Waals surface area contributed by atoms with E-state index in [1.165, 1.54) is 24.3 Å². The van der Waals surface area contributed by atoms with E-state index in [0.717, 1.165) is 31.2 Å². The lowest BCUT2D eigenvalue weighted by atomic mass is 9.96. The predicted octanol–water partition coefficient (Wildman–Crippen LogP) is 8.00. The number of halogens is 4. The van der Waals surface area contributed by atoms with Crippen LogP contribution in [0.25, 0.3) is 22.3 Å². The van der Waals surface area contributed by atoms with Gasteiger partial charge in [-0.3, -0.25) is 0 Å². The average Bonchev–Trinajstić information content (AvgIpc) is 3.29. The molecule has 1 fully saturated rings. The van der Waals surface area contributed by atoms with Crippen LogP contribution in [0.5, 0.6) is 5.75 Å². The van der Waals surface area contributed by atoms with Crippen LogP contribution in [0.1, 0.15) is 51.2 Å². The Balaban J connectivity index is 1.60. The van der Waals surface area contributed by atoms with Crippen molar-refractivity contribution in [3.8, 4) is 28.0 Å². The zero-order valence-electron chi connectivity index (χ0n) is 18.6. The van der Waals surface area contributed by atoms with Gasteiger partial charge >= 0.3 is 0 Å². The maximum atomic E-state index is 15.0. The summed E-state index contributed by atoms with van der Waals surface area (Å²) in [6.45, 7) is 3.92. The first-order valence-corrected chi connectivity index (χ1v) is 11.3. The van der Waals surface area contributed by atoms with Crippen LogP contribution >= 0.6 is 0 Å². The third-order valence-corrected chi connectivity index (χ3v) is 6.03. The van der Waals surface area contributed by atoms with Crippen molar-refractivity contribution in [1.82, 2.24) is 0 Å². The lowest BCUT2D eigenvalue weighted by molar-refractivity contribution is 0.0397. The highest BCUT2D eigenvalue weighted by Gasteiger charge is 2.26. The molecule has 0 saturated carbocycles. The molecule has 0 aliphatic carbocycles. The summed E-state index contributed by atoms with van der Waals surface area (Å²) in [6.07, 6.45) is 4.34. The molecule has 1 aliphatic heterocycles. The summed E-state index contributed by atoms with van der Waals surface area (Å²) < 4.78 is 69.7. The highest BCUT2D eigenvalue weighted by Crippen LogP contribution is 2.37. The summed E-state index contributed by atoms with van der Waals surface area (Å²) in [5, 5.41) is 0. The zero-order chi connectivity index (χ0) is 23.5. The maximum absolute atomic E-state index is 15.0. The number of benzene rings is 3. The average molecular weight is 458 g/mol. The van der Waals surface area contributed by atoms with Gasteiger partial charge < -0.3 is 9.47 Å². The molecule has 0 bridgehead atoms. The van der Waals surface area contributed by atoms with Crippen molar-refractivity contribution in [3.05, 3.63) is 77.4 Å². The van der Waals surface area contributed by atoms with E-state index in [9.17, 15) is 17.6 Å². The third-order valence-electron chi connectivity index (χ3n) is 6.03. The van der Waals surface area contributed by atoms with E-state index in [0.29, 0.717) is 5.56 Å². The lowest BCUT2D eigenvalue weighted by Gasteiger charge is -2.15. The van der Waals surface area contributed by atoms with Crippen LogP contribution in [-0.4, -0.2) is 12.7 Å². The molecule has 33 heavy (non-hydrogen) atoms. The predicted molar refractivity (Wildman–Crippen MR) is 120 cm³/mol. The van der Waals surface area contributed by atoms with Crippen LogP contribution in [0.3, 0.4) is 0 Å². The Bertz CT molecular complexity index is 1130. The molecule has 0 N–H and O–H groups in total. The van der Waals surface area contributed by atoms with Crippen molar-refractivity contribution in [2.45, 2.75) is 51.7 Å². The molecule has 0 spiro atoms. The zero-order valence-corrected chi connectivity index (χ0v) is 18.6. The van der Waals surface area contributed by atoms with Gasteiger partial charge in [0.15, 0.2) is 23.2 Å². The fourth-order valence-electron chi connectivity index (χ4n) is 4.35. The first-order chi connectivity index (χ1) is 15.9. The monoisotopic (exact) mass is 458 g/mol. The normalized spacial score (nSPS) is 18.0. The van der Waals surface area contributed by atoms with Gasteiger partial charge in [0.25, 0.3) is 0 Å². The van der Waals surface area contributed by atoms with Crippen molar-refractivity contribution in [1.29, 1.82) is 0 Å².